The molecule has 1 aromatic rings. The summed E-state index contributed by atoms with van der Waals surface area (Å²) >= 11 is 3.40. The van der Waals surface area contributed by atoms with Gasteiger partial charge in [0.15, 0.2) is 0 Å². The Morgan fingerprint density at radius 3 is 3.00 bits per heavy atom. The summed E-state index contributed by atoms with van der Waals surface area (Å²) in [5.41, 5.74) is 6.24. The molecule has 0 saturated heterocycles. The van der Waals surface area contributed by atoms with Crippen LogP contribution in [0.1, 0.15) is 19.8 Å². The van der Waals surface area contributed by atoms with Gasteiger partial charge in [0.25, 0.3) is 0 Å². The number of nitrogens with one attached hydrogen (secondary N) is 1. The number of hydrogen-bond acceptors (Lipinski definition) is 4. The van der Waals surface area contributed by atoms with E-state index in [2.05, 4.69) is 33.2 Å². The molecule has 4 nitrogen and oxygen atoms in total. The maximum Gasteiger partial charge on any atom is 0.140 e. The molecule has 1 aromatic heterocycles. The number of rotatable bonds is 7. The van der Waals surface area contributed by atoms with Crippen LogP contribution in [0.25, 0.3) is 0 Å². The van der Waals surface area contributed by atoms with Crippen molar-refractivity contribution in [2.24, 2.45) is 0 Å². The zero-order valence-corrected chi connectivity index (χ0v) is 11.1. The van der Waals surface area contributed by atoms with E-state index in [0.717, 1.165) is 29.9 Å². The van der Waals surface area contributed by atoms with Crippen molar-refractivity contribution in [3.63, 3.8) is 0 Å². The van der Waals surface area contributed by atoms with Gasteiger partial charge in [0, 0.05) is 13.2 Å². The molecule has 1 heterocycles. The van der Waals surface area contributed by atoms with Gasteiger partial charge in [-0.2, -0.15) is 0 Å². The molecular weight excluding hydrogens is 270 g/mol. The van der Waals surface area contributed by atoms with Crippen LogP contribution in [-0.4, -0.2) is 24.7 Å². The minimum atomic E-state index is 0.650. The topological polar surface area (TPSA) is 60.2 Å². The summed E-state index contributed by atoms with van der Waals surface area (Å²) < 4.78 is 6.31. The quantitative estimate of drug-likeness (QED) is 0.757. The number of nitrogens with two attached hydrogens (primary N) is 1. The summed E-state index contributed by atoms with van der Waals surface area (Å²) in [5, 5.41) is 3.18. The molecule has 0 aliphatic carbocycles. The Labute approximate surface area is 105 Å². The Kier molecular flexibility index (Phi) is 6.18. The molecule has 5 heteroatoms. The van der Waals surface area contributed by atoms with Crippen molar-refractivity contribution in [2.75, 3.05) is 30.8 Å². The molecule has 0 aliphatic rings. The summed E-state index contributed by atoms with van der Waals surface area (Å²) in [4.78, 5) is 4.17. The Bertz CT molecular complexity index is 320. The molecular formula is C11H18BrN3O. The lowest BCUT2D eigenvalue weighted by atomic mass is 10.4. The van der Waals surface area contributed by atoms with Gasteiger partial charge in [-0.25, -0.2) is 4.98 Å². The van der Waals surface area contributed by atoms with E-state index >= 15 is 0 Å². The second-order valence-electron chi connectivity index (χ2n) is 3.49. The summed E-state index contributed by atoms with van der Waals surface area (Å²) in [6.45, 7) is 4.42. The second kappa shape index (κ2) is 7.46. The number of ether oxygens (including phenoxy) is 1. The monoisotopic (exact) mass is 287 g/mol. The van der Waals surface area contributed by atoms with Crippen molar-refractivity contribution in [1.82, 2.24) is 4.98 Å². The Balaban J connectivity index is 2.21. The highest BCUT2D eigenvalue weighted by Gasteiger charge is 2.00. The van der Waals surface area contributed by atoms with Crippen LogP contribution in [-0.2, 0) is 4.74 Å². The van der Waals surface area contributed by atoms with Crippen molar-refractivity contribution < 1.29 is 4.74 Å². The molecule has 0 spiro atoms. The van der Waals surface area contributed by atoms with Gasteiger partial charge in [0.05, 0.1) is 23.0 Å². The molecule has 3 N–H and O–H groups in total. The van der Waals surface area contributed by atoms with E-state index in [1.54, 1.807) is 6.20 Å². The lowest BCUT2D eigenvalue weighted by molar-refractivity contribution is 0.141. The van der Waals surface area contributed by atoms with Crippen LogP contribution in [0.2, 0.25) is 0 Å². The molecule has 0 saturated carbocycles. The van der Waals surface area contributed by atoms with Gasteiger partial charge in [-0.1, -0.05) is 13.3 Å². The fourth-order valence-corrected chi connectivity index (χ4v) is 1.68. The van der Waals surface area contributed by atoms with Gasteiger partial charge in [-0.05, 0) is 28.4 Å². The van der Waals surface area contributed by atoms with E-state index in [-0.39, 0.29) is 0 Å². The van der Waals surface area contributed by atoms with E-state index in [1.807, 2.05) is 6.07 Å². The Hall–Kier alpha value is -0.810. The average Bonchev–Trinajstić information content (AvgIpc) is 2.26. The third-order valence-corrected chi connectivity index (χ3v) is 2.65. The Morgan fingerprint density at radius 1 is 1.50 bits per heavy atom. The molecule has 0 bridgehead atoms. The third-order valence-electron chi connectivity index (χ3n) is 2.04. The number of anilines is 2. The average molecular weight is 288 g/mol. The Morgan fingerprint density at radius 2 is 2.31 bits per heavy atom. The van der Waals surface area contributed by atoms with Crippen molar-refractivity contribution in [1.29, 1.82) is 0 Å². The van der Waals surface area contributed by atoms with Crippen LogP contribution in [0.5, 0.6) is 0 Å². The van der Waals surface area contributed by atoms with Gasteiger partial charge in [0.1, 0.15) is 5.82 Å². The van der Waals surface area contributed by atoms with Gasteiger partial charge < -0.3 is 15.8 Å². The van der Waals surface area contributed by atoms with Crippen molar-refractivity contribution in [3.05, 3.63) is 16.7 Å². The number of aromatic nitrogens is 1. The number of unbranched alkanes of at least 4 members (excludes halogenated alkanes) is 1. The summed E-state index contributed by atoms with van der Waals surface area (Å²) in [5.74, 6) is 0.799. The van der Waals surface area contributed by atoms with Crippen LogP contribution >= 0.6 is 15.9 Å². The van der Waals surface area contributed by atoms with Gasteiger partial charge in [-0.3, -0.25) is 0 Å². The molecule has 1 rings (SSSR count). The second-order valence-corrected chi connectivity index (χ2v) is 4.35. The molecule has 0 fully saturated rings. The summed E-state index contributed by atoms with van der Waals surface area (Å²) in [6, 6.07) is 1.83. The van der Waals surface area contributed by atoms with Gasteiger partial charge in [0.2, 0.25) is 0 Å². The third kappa shape index (κ3) is 4.81. The SMILES string of the molecule is CCCCOCCNc1ncc(N)cc1Br. The zero-order chi connectivity index (χ0) is 11.8. The first-order chi connectivity index (χ1) is 7.74. The van der Waals surface area contributed by atoms with Gasteiger partial charge >= 0.3 is 0 Å². The molecule has 0 radical (unpaired) electrons. The largest absolute Gasteiger partial charge is 0.397 e. The fourth-order valence-electron chi connectivity index (χ4n) is 1.17. The molecule has 90 valence electrons. The fraction of sp³-hybridized carbons (Fsp3) is 0.545. The molecule has 16 heavy (non-hydrogen) atoms. The molecule has 0 amide bonds. The van der Waals surface area contributed by atoms with E-state index in [9.17, 15) is 0 Å². The highest BCUT2D eigenvalue weighted by atomic mass is 79.9. The first-order valence-corrected chi connectivity index (χ1v) is 6.26. The lowest BCUT2D eigenvalue weighted by Gasteiger charge is -2.08. The number of nitrogen functional groups attached to an aromatic ring is 1. The van der Waals surface area contributed by atoms with E-state index in [4.69, 9.17) is 10.5 Å². The smallest absolute Gasteiger partial charge is 0.140 e. The maximum atomic E-state index is 5.59. The molecule has 0 unspecified atom stereocenters. The standard InChI is InChI=1S/C11H18BrN3O/c1-2-3-5-16-6-4-14-11-10(12)7-9(13)8-15-11/h7-8H,2-6,13H2,1H3,(H,14,15). The van der Waals surface area contributed by atoms with E-state index in [1.165, 1.54) is 6.42 Å². The minimum Gasteiger partial charge on any atom is -0.397 e. The normalized spacial score (nSPS) is 10.4. The summed E-state index contributed by atoms with van der Waals surface area (Å²) in [6.07, 6.45) is 3.91. The zero-order valence-electron chi connectivity index (χ0n) is 9.50. The number of hydrogen-bond donors (Lipinski definition) is 2. The van der Waals surface area contributed by atoms with Crippen LogP contribution in [0.3, 0.4) is 0 Å². The minimum absolute atomic E-state index is 0.650. The van der Waals surface area contributed by atoms with Crippen LogP contribution < -0.4 is 11.1 Å². The number of nitrogens with zero attached hydrogens (tertiary/aromatic N) is 1. The first-order valence-electron chi connectivity index (χ1n) is 5.46. The lowest BCUT2D eigenvalue weighted by Crippen LogP contribution is -2.11. The van der Waals surface area contributed by atoms with Crippen molar-refractivity contribution in [2.45, 2.75) is 19.8 Å². The number of pyridine rings is 1. The van der Waals surface area contributed by atoms with Crippen molar-refractivity contribution >= 4 is 27.4 Å². The van der Waals surface area contributed by atoms with Crippen molar-refractivity contribution in [3.8, 4) is 0 Å². The molecule has 0 aliphatic heterocycles. The first kappa shape index (κ1) is 13.3. The van der Waals surface area contributed by atoms with Crippen LogP contribution in [0.4, 0.5) is 11.5 Å². The van der Waals surface area contributed by atoms with E-state index < -0.39 is 0 Å². The molecule has 0 aromatic carbocycles. The van der Waals surface area contributed by atoms with E-state index in [0.29, 0.717) is 12.3 Å². The van der Waals surface area contributed by atoms with Crippen LogP contribution in [0, 0.1) is 0 Å². The predicted molar refractivity (Wildman–Crippen MR) is 70.6 cm³/mol. The maximum absolute atomic E-state index is 5.59. The highest BCUT2D eigenvalue weighted by Crippen LogP contribution is 2.21. The summed E-state index contributed by atoms with van der Waals surface area (Å²) in [7, 11) is 0. The molecule has 0 atom stereocenters. The predicted octanol–water partition coefficient (Wildman–Crippen LogP) is 2.65. The van der Waals surface area contributed by atoms with Crippen LogP contribution in [0.15, 0.2) is 16.7 Å². The number of halogens is 1. The van der Waals surface area contributed by atoms with Gasteiger partial charge in [-0.15, -0.1) is 0 Å². The highest BCUT2D eigenvalue weighted by molar-refractivity contribution is 9.10.